The molecule has 3 heterocycles. The van der Waals surface area contributed by atoms with Gasteiger partial charge in [-0.1, -0.05) is 13.8 Å². The summed E-state index contributed by atoms with van der Waals surface area (Å²) in [5.74, 6) is -4.15. The number of amides is 1. The lowest BCUT2D eigenvalue weighted by Gasteiger charge is -2.37. The average molecular weight is 372 g/mol. The third-order valence-corrected chi connectivity index (χ3v) is 4.63. The van der Waals surface area contributed by atoms with Gasteiger partial charge in [-0.05, 0) is 33.6 Å². The number of carbonyl (C=O) groups is 2. The zero-order valence-electron chi connectivity index (χ0n) is 15.8. The van der Waals surface area contributed by atoms with Crippen molar-refractivity contribution in [1.29, 1.82) is 0 Å². The highest BCUT2D eigenvalue weighted by molar-refractivity contribution is 5.86. The van der Waals surface area contributed by atoms with Crippen molar-refractivity contribution in [2.75, 3.05) is 0 Å². The first-order valence-electron chi connectivity index (χ1n) is 8.78. The summed E-state index contributed by atoms with van der Waals surface area (Å²) in [5.41, 5.74) is 0. The van der Waals surface area contributed by atoms with E-state index >= 15 is 0 Å². The molecule has 6 atom stereocenters. The molecule has 0 aromatic rings. The lowest BCUT2D eigenvalue weighted by atomic mass is 9.97. The van der Waals surface area contributed by atoms with Gasteiger partial charge in [0.05, 0.1) is 12.0 Å². The standard InChI is InChI=1S/C17H27NO8/c1-7(2)8(14(20)21)18-13(19)11-9-10(24-16(3,4)23-9)12-15(22-11)26-17(5,6)25-12/h7-12,15H,1-6H3,(H,18,19)(H,20,21)/p-1/t8-,9-,10+,11-,12-,15-/m1/s1. The number of rotatable bonds is 4. The summed E-state index contributed by atoms with van der Waals surface area (Å²) in [4.78, 5) is 24.1. The van der Waals surface area contributed by atoms with E-state index in [0.717, 1.165) is 0 Å². The Labute approximate surface area is 152 Å². The molecule has 3 aliphatic heterocycles. The Morgan fingerprint density at radius 1 is 0.923 bits per heavy atom. The highest BCUT2D eigenvalue weighted by Crippen LogP contribution is 2.44. The van der Waals surface area contributed by atoms with E-state index in [1.165, 1.54) is 0 Å². The number of ether oxygens (including phenoxy) is 5. The van der Waals surface area contributed by atoms with Crippen molar-refractivity contribution in [3.8, 4) is 0 Å². The molecule has 3 aliphatic rings. The summed E-state index contributed by atoms with van der Waals surface area (Å²) >= 11 is 0. The molecule has 0 radical (unpaired) electrons. The van der Waals surface area contributed by atoms with Crippen LogP contribution in [0.5, 0.6) is 0 Å². The molecular formula is C17H26NO8-. The lowest BCUT2D eigenvalue weighted by Crippen LogP contribution is -2.62. The highest BCUT2D eigenvalue weighted by atomic mass is 16.9. The number of carboxylic acids is 1. The number of carbonyl (C=O) groups excluding carboxylic acids is 2. The van der Waals surface area contributed by atoms with E-state index in [0.29, 0.717) is 0 Å². The number of aliphatic carboxylic acids is 1. The molecule has 0 aliphatic carbocycles. The van der Waals surface area contributed by atoms with E-state index in [2.05, 4.69) is 5.32 Å². The molecule has 0 saturated carbocycles. The van der Waals surface area contributed by atoms with Crippen LogP contribution < -0.4 is 10.4 Å². The predicted molar refractivity (Wildman–Crippen MR) is 84.3 cm³/mol. The Bertz CT molecular complexity index is 589. The molecule has 3 rings (SSSR count). The Morgan fingerprint density at radius 2 is 1.46 bits per heavy atom. The van der Waals surface area contributed by atoms with Gasteiger partial charge in [-0.25, -0.2) is 0 Å². The maximum atomic E-state index is 12.8. The van der Waals surface area contributed by atoms with Crippen molar-refractivity contribution in [3.63, 3.8) is 0 Å². The summed E-state index contributed by atoms with van der Waals surface area (Å²) in [6.07, 6.45) is -3.80. The molecule has 148 valence electrons. The first-order valence-corrected chi connectivity index (χ1v) is 8.78. The van der Waals surface area contributed by atoms with E-state index in [1.807, 2.05) is 0 Å². The van der Waals surface area contributed by atoms with Crippen LogP contribution in [0.1, 0.15) is 41.5 Å². The minimum absolute atomic E-state index is 0.349. The van der Waals surface area contributed by atoms with Crippen LogP contribution in [0.4, 0.5) is 0 Å². The van der Waals surface area contributed by atoms with Gasteiger partial charge in [0, 0.05) is 0 Å². The molecule has 3 saturated heterocycles. The number of nitrogens with one attached hydrogen (secondary N) is 1. The highest BCUT2D eigenvalue weighted by Gasteiger charge is 2.62. The Hall–Kier alpha value is -1.26. The summed E-state index contributed by atoms with van der Waals surface area (Å²) in [6, 6.07) is -1.14. The van der Waals surface area contributed by atoms with Crippen molar-refractivity contribution >= 4 is 11.9 Å². The van der Waals surface area contributed by atoms with Gasteiger partial charge in [-0.3, -0.25) is 4.79 Å². The van der Waals surface area contributed by atoms with Crippen LogP contribution in [0.15, 0.2) is 0 Å². The zero-order chi connectivity index (χ0) is 19.4. The maximum Gasteiger partial charge on any atom is 0.252 e. The van der Waals surface area contributed by atoms with E-state index in [-0.39, 0.29) is 5.92 Å². The second-order valence-corrected chi connectivity index (χ2v) is 8.14. The predicted octanol–water partition coefficient (Wildman–Crippen LogP) is -0.726. The van der Waals surface area contributed by atoms with Gasteiger partial charge in [-0.15, -0.1) is 0 Å². The van der Waals surface area contributed by atoms with Gasteiger partial charge in [0.15, 0.2) is 24.0 Å². The summed E-state index contributed by atoms with van der Waals surface area (Å²) in [6.45, 7) is 10.3. The fraction of sp³-hybridized carbons (Fsp3) is 0.882. The number of hydrogen-bond acceptors (Lipinski definition) is 8. The monoisotopic (exact) mass is 372 g/mol. The van der Waals surface area contributed by atoms with Crippen molar-refractivity contribution in [2.24, 2.45) is 5.92 Å². The van der Waals surface area contributed by atoms with E-state index < -0.39 is 60.2 Å². The van der Waals surface area contributed by atoms with Crippen molar-refractivity contribution in [1.82, 2.24) is 5.32 Å². The molecule has 9 heteroatoms. The minimum Gasteiger partial charge on any atom is -0.548 e. The SMILES string of the molecule is CC(C)[C@@H](NC(=O)[C@@H]1O[C@@H]2OC(C)(C)O[C@@H]2[C@H]2OC(C)(C)O[C@H]21)C(=O)[O-]. The molecule has 3 fully saturated rings. The van der Waals surface area contributed by atoms with Crippen LogP contribution in [0.3, 0.4) is 0 Å². The van der Waals surface area contributed by atoms with Gasteiger partial charge in [-0.2, -0.15) is 0 Å². The number of hydrogen-bond donors (Lipinski definition) is 1. The molecule has 26 heavy (non-hydrogen) atoms. The minimum atomic E-state index is -1.36. The maximum absolute atomic E-state index is 12.8. The Kier molecular flexibility index (Phi) is 4.81. The van der Waals surface area contributed by atoms with Crippen LogP contribution in [0.25, 0.3) is 0 Å². The van der Waals surface area contributed by atoms with Crippen LogP contribution in [0.2, 0.25) is 0 Å². The Balaban J connectivity index is 1.82. The Morgan fingerprint density at radius 3 is 2.04 bits per heavy atom. The fourth-order valence-electron chi connectivity index (χ4n) is 3.56. The molecule has 0 bridgehead atoms. The molecule has 0 aromatic carbocycles. The van der Waals surface area contributed by atoms with Crippen LogP contribution in [-0.4, -0.2) is 60.2 Å². The molecular weight excluding hydrogens is 346 g/mol. The molecule has 0 aromatic heterocycles. The normalized spacial score (nSPS) is 38.5. The molecule has 1 amide bonds. The van der Waals surface area contributed by atoms with Crippen LogP contribution >= 0.6 is 0 Å². The van der Waals surface area contributed by atoms with Crippen molar-refractivity contribution in [2.45, 2.75) is 89.9 Å². The average Bonchev–Trinajstić information content (AvgIpc) is 2.96. The smallest absolute Gasteiger partial charge is 0.252 e. The zero-order valence-corrected chi connectivity index (χ0v) is 15.8. The van der Waals surface area contributed by atoms with Gasteiger partial charge in [0.1, 0.15) is 18.3 Å². The first kappa shape index (κ1) is 19.5. The second kappa shape index (κ2) is 6.42. The van der Waals surface area contributed by atoms with E-state index in [9.17, 15) is 14.7 Å². The van der Waals surface area contributed by atoms with Crippen LogP contribution in [0, 0.1) is 5.92 Å². The first-order chi connectivity index (χ1) is 11.9. The summed E-state index contributed by atoms with van der Waals surface area (Å²) in [7, 11) is 0. The number of carboxylic acid groups (broad SMARTS) is 1. The lowest BCUT2D eigenvalue weighted by molar-refractivity contribution is -0.309. The quantitative estimate of drug-likeness (QED) is 0.687. The number of fused-ring (bicyclic) bond motifs is 3. The van der Waals surface area contributed by atoms with Gasteiger partial charge in [0.2, 0.25) is 0 Å². The van der Waals surface area contributed by atoms with Crippen molar-refractivity contribution in [3.05, 3.63) is 0 Å². The molecule has 1 N–H and O–H groups in total. The topological polar surface area (TPSA) is 115 Å². The van der Waals surface area contributed by atoms with E-state index in [4.69, 9.17) is 23.7 Å². The molecule has 9 nitrogen and oxygen atoms in total. The summed E-state index contributed by atoms with van der Waals surface area (Å²) in [5, 5.41) is 13.8. The van der Waals surface area contributed by atoms with Gasteiger partial charge >= 0.3 is 0 Å². The molecule has 0 spiro atoms. The summed E-state index contributed by atoms with van der Waals surface area (Å²) < 4.78 is 29.2. The van der Waals surface area contributed by atoms with E-state index in [1.54, 1.807) is 41.5 Å². The van der Waals surface area contributed by atoms with Gasteiger partial charge < -0.3 is 38.9 Å². The molecule has 0 unspecified atom stereocenters. The third-order valence-electron chi connectivity index (χ3n) is 4.63. The largest absolute Gasteiger partial charge is 0.548 e. The third kappa shape index (κ3) is 3.59. The fourth-order valence-corrected chi connectivity index (χ4v) is 3.56. The second-order valence-electron chi connectivity index (χ2n) is 8.14. The van der Waals surface area contributed by atoms with Crippen molar-refractivity contribution < 1.29 is 38.4 Å². The van der Waals surface area contributed by atoms with Gasteiger partial charge in [0.25, 0.3) is 5.91 Å². The van der Waals surface area contributed by atoms with Crippen LogP contribution in [-0.2, 0) is 33.3 Å².